The maximum absolute atomic E-state index is 13.0. The number of amides is 3. The van der Waals surface area contributed by atoms with Crippen molar-refractivity contribution in [2.45, 2.75) is 18.9 Å². The van der Waals surface area contributed by atoms with E-state index in [1.54, 1.807) is 42.5 Å². The molecule has 1 atom stereocenters. The summed E-state index contributed by atoms with van der Waals surface area (Å²) in [4.78, 5) is 28.1. The van der Waals surface area contributed by atoms with Crippen LogP contribution in [0.5, 0.6) is 11.5 Å². The van der Waals surface area contributed by atoms with Crippen LogP contribution in [0.2, 0.25) is 0 Å². The highest BCUT2D eigenvalue weighted by atomic mass is 16.7. The van der Waals surface area contributed by atoms with Gasteiger partial charge in [-0.25, -0.2) is 4.79 Å². The maximum Gasteiger partial charge on any atom is 0.319 e. The minimum atomic E-state index is -0.327. The number of carbonyl (C=O) groups is 2. The fourth-order valence-electron chi connectivity index (χ4n) is 4.64. The fraction of sp³-hybridized carbons (Fsp3) is 0.310. The number of hydrogen-bond donors (Lipinski definition) is 4. The van der Waals surface area contributed by atoms with Crippen molar-refractivity contribution in [1.82, 2.24) is 10.2 Å². The molecule has 2 heterocycles. The highest BCUT2D eigenvalue weighted by Crippen LogP contribution is 2.34. The Kier molecular flexibility index (Phi) is 8.45. The lowest BCUT2D eigenvalue weighted by Crippen LogP contribution is -2.37. The Labute approximate surface area is 227 Å². The van der Waals surface area contributed by atoms with E-state index < -0.39 is 0 Å². The van der Waals surface area contributed by atoms with E-state index in [0.717, 1.165) is 51.3 Å². The van der Waals surface area contributed by atoms with Crippen LogP contribution in [-0.2, 0) is 4.74 Å². The summed E-state index contributed by atoms with van der Waals surface area (Å²) in [6.45, 7) is 4.42. The second-order valence-electron chi connectivity index (χ2n) is 9.48. The lowest BCUT2D eigenvalue weighted by Gasteiger charge is -2.27. The second-order valence-corrected chi connectivity index (χ2v) is 9.48. The number of nitrogens with two attached hydrogens (primary N) is 1. The number of benzene rings is 3. The van der Waals surface area contributed by atoms with E-state index in [9.17, 15) is 9.59 Å². The molecule has 3 aromatic carbocycles. The van der Waals surface area contributed by atoms with Crippen LogP contribution in [0.3, 0.4) is 0 Å². The molecule has 0 bridgehead atoms. The molecule has 0 spiro atoms. The van der Waals surface area contributed by atoms with Crippen LogP contribution in [0, 0.1) is 0 Å². The van der Waals surface area contributed by atoms with Crippen molar-refractivity contribution in [2.75, 3.05) is 56.0 Å². The molecule has 0 saturated carbocycles. The van der Waals surface area contributed by atoms with E-state index in [1.807, 2.05) is 24.3 Å². The van der Waals surface area contributed by atoms with Crippen molar-refractivity contribution in [3.05, 3.63) is 77.9 Å². The van der Waals surface area contributed by atoms with Crippen LogP contribution in [-0.4, -0.2) is 56.5 Å². The number of para-hydroxylation sites is 2. The molecule has 204 valence electrons. The molecule has 1 unspecified atom stereocenters. The number of carbonyl (C=O) groups excluding carboxylic acids is 2. The van der Waals surface area contributed by atoms with Gasteiger partial charge in [0.25, 0.3) is 5.91 Å². The average Bonchev–Trinajstić information content (AvgIpc) is 3.42. The van der Waals surface area contributed by atoms with Gasteiger partial charge in [-0.05, 0) is 61.3 Å². The van der Waals surface area contributed by atoms with Crippen LogP contribution in [0.1, 0.15) is 34.8 Å². The van der Waals surface area contributed by atoms with Crippen molar-refractivity contribution < 1.29 is 23.8 Å². The quantitative estimate of drug-likeness (QED) is 0.305. The Morgan fingerprint density at radius 1 is 0.923 bits per heavy atom. The number of hydrogen-bond acceptors (Lipinski definition) is 7. The van der Waals surface area contributed by atoms with Gasteiger partial charge in [0, 0.05) is 30.4 Å². The molecule has 3 amide bonds. The smallest absolute Gasteiger partial charge is 0.319 e. The van der Waals surface area contributed by atoms with Crippen molar-refractivity contribution >= 4 is 29.0 Å². The monoisotopic (exact) mass is 531 g/mol. The Bertz CT molecular complexity index is 1290. The third-order valence-corrected chi connectivity index (χ3v) is 6.79. The predicted molar refractivity (Wildman–Crippen MR) is 149 cm³/mol. The molecule has 0 aromatic heterocycles. The van der Waals surface area contributed by atoms with Crippen LogP contribution >= 0.6 is 0 Å². The van der Waals surface area contributed by atoms with E-state index in [2.05, 4.69) is 20.9 Å². The molecular formula is C29H33N5O5. The highest BCUT2D eigenvalue weighted by Gasteiger charge is 2.19. The first kappa shape index (κ1) is 26.3. The number of fused-ring (bicyclic) bond motifs is 1. The van der Waals surface area contributed by atoms with E-state index in [0.29, 0.717) is 34.1 Å². The van der Waals surface area contributed by atoms with Crippen LogP contribution in [0.25, 0.3) is 0 Å². The molecule has 39 heavy (non-hydrogen) atoms. The first-order valence-corrected chi connectivity index (χ1v) is 13.1. The summed E-state index contributed by atoms with van der Waals surface area (Å²) >= 11 is 0. The molecule has 5 rings (SSSR count). The summed E-state index contributed by atoms with van der Waals surface area (Å²) < 4.78 is 16.2. The summed E-state index contributed by atoms with van der Waals surface area (Å²) in [5.74, 6) is 0.999. The number of urea groups is 1. The minimum Gasteiger partial charge on any atom is -0.454 e. The molecule has 0 radical (unpaired) electrons. The van der Waals surface area contributed by atoms with Gasteiger partial charge in [-0.3, -0.25) is 9.69 Å². The lowest BCUT2D eigenvalue weighted by atomic mass is 10.00. The maximum atomic E-state index is 13.0. The molecule has 3 aromatic rings. The minimum absolute atomic E-state index is 0.170. The third kappa shape index (κ3) is 6.98. The number of nitrogen functional groups attached to an aromatic ring is 1. The summed E-state index contributed by atoms with van der Waals surface area (Å²) in [7, 11) is 0. The first-order valence-electron chi connectivity index (χ1n) is 13.1. The largest absolute Gasteiger partial charge is 0.454 e. The SMILES string of the molecule is Nc1ccccc1NC(=O)c1ccc(C(CCCN2CCOCC2)NC(=O)Nc2ccc3c(c2)OCO3)cc1. The normalized spacial score (nSPS) is 15.4. The van der Waals surface area contributed by atoms with Crippen molar-refractivity contribution in [3.63, 3.8) is 0 Å². The number of morpholine rings is 1. The number of nitrogens with zero attached hydrogens (tertiary/aromatic N) is 1. The van der Waals surface area contributed by atoms with Gasteiger partial charge in [0.1, 0.15) is 0 Å². The molecular weight excluding hydrogens is 498 g/mol. The summed E-state index contributed by atoms with van der Waals surface area (Å²) in [6.07, 6.45) is 1.63. The van der Waals surface area contributed by atoms with Gasteiger partial charge >= 0.3 is 6.03 Å². The van der Waals surface area contributed by atoms with E-state index >= 15 is 0 Å². The molecule has 10 nitrogen and oxygen atoms in total. The lowest BCUT2D eigenvalue weighted by molar-refractivity contribution is 0.0369. The van der Waals surface area contributed by atoms with Gasteiger partial charge in [0.2, 0.25) is 6.79 Å². The summed E-state index contributed by atoms with van der Waals surface area (Å²) in [6, 6.07) is 19.1. The first-order chi connectivity index (χ1) is 19.0. The zero-order valence-electron chi connectivity index (χ0n) is 21.7. The Morgan fingerprint density at radius 2 is 1.69 bits per heavy atom. The molecule has 10 heteroatoms. The van der Waals surface area contributed by atoms with Crippen molar-refractivity contribution in [3.8, 4) is 11.5 Å². The van der Waals surface area contributed by atoms with Crippen molar-refractivity contribution in [2.24, 2.45) is 0 Å². The second kappa shape index (κ2) is 12.5. The summed E-state index contributed by atoms with van der Waals surface area (Å²) in [5, 5.41) is 8.83. The molecule has 2 aliphatic heterocycles. The standard InChI is InChI=1S/C29H33N5O5/c30-23-4-1-2-5-25(23)32-28(35)21-9-7-20(8-10-21)24(6-3-13-34-14-16-37-17-15-34)33-29(36)31-22-11-12-26-27(18-22)39-19-38-26/h1-2,4-5,7-12,18,24H,3,6,13-17,19,30H2,(H,32,35)(H2,31,33,36). The Balaban J connectivity index is 1.24. The fourth-order valence-corrected chi connectivity index (χ4v) is 4.64. The van der Waals surface area contributed by atoms with Gasteiger partial charge in [0.15, 0.2) is 11.5 Å². The molecule has 0 aliphatic carbocycles. The van der Waals surface area contributed by atoms with Crippen LogP contribution in [0.4, 0.5) is 21.9 Å². The number of anilines is 3. The highest BCUT2D eigenvalue weighted by molar-refractivity contribution is 6.05. The predicted octanol–water partition coefficient (Wildman–Crippen LogP) is 4.23. The number of ether oxygens (including phenoxy) is 3. The van der Waals surface area contributed by atoms with Gasteiger partial charge in [-0.15, -0.1) is 0 Å². The Morgan fingerprint density at radius 3 is 2.49 bits per heavy atom. The summed E-state index contributed by atoms with van der Waals surface area (Å²) in [5.41, 5.74) is 9.04. The third-order valence-electron chi connectivity index (χ3n) is 6.79. The van der Waals surface area contributed by atoms with E-state index in [1.165, 1.54) is 0 Å². The molecule has 1 fully saturated rings. The molecule has 1 saturated heterocycles. The van der Waals surface area contributed by atoms with Crippen LogP contribution < -0.4 is 31.2 Å². The van der Waals surface area contributed by atoms with Gasteiger partial charge in [-0.1, -0.05) is 24.3 Å². The van der Waals surface area contributed by atoms with Gasteiger partial charge in [-0.2, -0.15) is 0 Å². The number of nitrogens with one attached hydrogen (secondary N) is 3. The topological polar surface area (TPSA) is 127 Å². The van der Waals surface area contributed by atoms with E-state index in [-0.39, 0.29) is 24.8 Å². The van der Waals surface area contributed by atoms with Gasteiger partial charge in [0.05, 0.1) is 30.6 Å². The van der Waals surface area contributed by atoms with Gasteiger partial charge < -0.3 is 35.9 Å². The Hall–Kier alpha value is -4.28. The molecule has 5 N–H and O–H groups in total. The zero-order valence-corrected chi connectivity index (χ0v) is 21.7. The zero-order chi connectivity index (χ0) is 27.0. The van der Waals surface area contributed by atoms with Crippen LogP contribution in [0.15, 0.2) is 66.7 Å². The average molecular weight is 532 g/mol. The van der Waals surface area contributed by atoms with E-state index in [4.69, 9.17) is 19.9 Å². The molecule has 2 aliphatic rings. The van der Waals surface area contributed by atoms with Crippen molar-refractivity contribution in [1.29, 1.82) is 0 Å². The number of rotatable bonds is 9.